The molecule has 0 aliphatic rings. The first-order valence-electron chi connectivity index (χ1n) is 3.92. The lowest BCUT2D eigenvalue weighted by Gasteiger charge is -2.00. The van der Waals surface area contributed by atoms with E-state index in [0.29, 0.717) is 0 Å². The largest absolute Gasteiger partial charge is 0.239 e. The molecule has 0 unspecified atom stereocenters. The van der Waals surface area contributed by atoms with Crippen LogP contribution >= 0.6 is 11.8 Å². The number of nitrogens with zero attached hydrogens (tertiary/aromatic N) is 4. The van der Waals surface area contributed by atoms with Crippen molar-refractivity contribution in [3.8, 4) is 5.69 Å². The molecule has 2 rings (SSSR count). The van der Waals surface area contributed by atoms with Crippen LogP contribution in [-0.2, 0) is 0 Å². The van der Waals surface area contributed by atoms with Crippen LogP contribution in [0.3, 0.4) is 0 Å². The molecule has 72 valence electrons. The molecule has 0 N–H and O–H groups in total. The Morgan fingerprint density at radius 2 is 2.07 bits per heavy atom. The van der Waals surface area contributed by atoms with Gasteiger partial charge in [0, 0.05) is 4.90 Å². The van der Waals surface area contributed by atoms with Crippen molar-refractivity contribution in [2.24, 2.45) is 0 Å². The average Bonchev–Trinajstić information content (AvgIpc) is 2.72. The SMILES string of the molecule is FCSc1ccc(-n2cnnn2)cc1. The summed E-state index contributed by atoms with van der Waals surface area (Å²) in [6, 6.07) is 6.94. The predicted octanol–water partition coefficient (Wildman–Crippen LogP) is 1.68. The lowest BCUT2D eigenvalue weighted by Crippen LogP contribution is -1.94. The highest BCUT2D eigenvalue weighted by Gasteiger charge is 1.97. The number of hydrogen-bond donors (Lipinski definition) is 0. The first kappa shape index (κ1) is 9.14. The number of hydrogen-bond acceptors (Lipinski definition) is 4. The first-order valence-corrected chi connectivity index (χ1v) is 4.91. The van der Waals surface area contributed by atoms with Crippen LogP contribution in [0.15, 0.2) is 35.5 Å². The van der Waals surface area contributed by atoms with Gasteiger partial charge in [-0.2, -0.15) is 0 Å². The zero-order chi connectivity index (χ0) is 9.80. The number of aromatic nitrogens is 4. The van der Waals surface area contributed by atoms with Crippen molar-refractivity contribution >= 4 is 11.8 Å². The minimum atomic E-state index is -0.412. The van der Waals surface area contributed by atoms with Crippen LogP contribution in [0.1, 0.15) is 0 Å². The van der Waals surface area contributed by atoms with Crippen LogP contribution in [0.2, 0.25) is 0 Å². The maximum absolute atomic E-state index is 12.0. The summed E-state index contributed by atoms with van der Waals surface area (Å²) in [5.41, 5.74) is 0.859. The van der Waals surface area contributed by atoms with Gasteiger partial charge in [0.2, 0.25) is 0 Å². The van der Waals surface area contributed by atoms with Gasteiger partial charge in [-0.05, 0) is 34.7 Å². The zero-order valence-corrected chi connectivity index (χ0v) is 7.99. The number of thioether (sulfide) groups is 1. The summed E-state index contributed by atoms with van der Waals surface area (Å²) >= 11 is 1.15. The second kappa shape index (κ2) is 4.19. The molecule has 0 aliphatic carbocycles. The lowest BCUT2D eigenvalue weighted by molar-refractivity contribution is 0.605. The fourth-order valence-corrected chi connectivity index (χ4v) is 1.49. The molecule has 6 heteroatoms. The van der Waals surface area contributed by atoms with Crippen molar-refractivity contribution in [2.75, 3.05) is 6.01 Å². The van der Waals surface area contributed by atoms with Gasteiger partial charge in [0.1, 0.15) is 12.3 Å². The molecule has 2 aromatic rings. The second-order valence-electron chi connectivity index (χ2n) is 2.50. The maximum atomic E-state index is 12.0. The van der Waals surface area contributed by atoms with E-state index >= 15 is 0 Å². The van der Waals surface area contributed by atoms with Crippen LogP contribution in [0, 0.1) is 0 Å². The Hall–Kier alpha value is -1.43. The Bertz CT molecular complexity index is 386. The van der Waals surface area contributed by atoms with E-state index in [1.54, 1.807) is 4.68 Å². The Morgan fingerprint density at radius 1 is 1.29 bits per heavy atom. The third-order valence-corrected chi connectivity index (χ3v) is 2.39. The normalized spacial score (nSPS) is 10.4. The van der Waals surface area contributed by atoms with Crippen molar-refractivity contribution in [2.45, 2.75) is 4.90 Å². The number of tetrazole rings is 1. The van der Waals surface area contributed by atoms with E-state index < -0.39 is 6.01 Å². The second-order valence-corrected chi connectivity index (χ2v) is 3.48. The van der Waals surface area contributed by atoms with E-state index in [4.69, 9.17) is 0 Å². The zero-order valence-electron chi connectivity index (χ0n) is 7.17. The molecular weight excluding hydrogens is 203 g/mol. The summed E-state index contributed by atoms with van der Waals surface area (Å²) in [5.74, 6) is 0. The molecule has 4 nitrogen and oxygen atoms in total. The Morgan fingerprint density at radius 3 is 2.64 bits per heavy atom. The van der Waals surface area contributed by atoms with Gasteiger partial charge in [0.05, 0.1) is 5.69 Å². The molecule has 1 aromatic carbocycles. The highest BCUT2D eigenvalue weighted by Crippen LogP contribution is 2.19. The highest BCUT2D eigenvalue weighted by molar-refractivity contribution is 7.99. The smallest absolute Gasteiger partial charge is 0.143 e. The molecule has 0 radical (unpaired) electrons. The van der Waals surface area contributed by atoms with Crippen LogP contribution in [0.25, 0.3) is 5.69 Å². The van der Waals surface area contributed by atoms with Gasteiger partial charge in [0.25, 0.3) is 0 Å². The maximum Gasteiger partial charge on any atom is 0.143 e. The number of benzene rings is 1. The van der Waals surface area contributed by atoms with E-state index in [2.05, 4.69) is 15.5 Å². The highest BCUT2D eigenvalue weighted by atomic mass is 32.2. The molecule has 0 saturated carbocycles. The van der Waals surface area contributed by atoms with Gasteiger partial charge in [-0.3, -0.25) is 0 Å². The number of halogens is 1. The minimum Gasteiger partial charge on any atom is -0.239 e. The standard InChI is InChI=1S/C8H7FN4S/c9-5-14-8-3-1-7(2-4-8)13-6-10-11-12-13/h1-4,6H,5H2. The summed E-state index contributed by atoms with van der Waals surface area (Å²) in [6.07, 6.45) is 1.51. The molecule has 0 amide bonds. The van der Waals surface area contributed by atoms with Crippen LogP contribution in [0.5, 0.6) is 0 Å². The predicted molar refractivity (Wildman–Crippen MR) is 51.0 cm³/mol. The van der Waals surface area contributed by atoms with E-state index in [9.17, 15) is 4.39 Å². The summed E-state index contributed by atoms with van der Waals surface area (Å²) < 4.78 is 13.5. The molecule has 0 bridgehead atoms. The van der Waals surface area contributed by atoms with E-state index in [-0.39, 0.29) is 0 Å². The molecule has 0 saturated heterocycles. The fourth-order valence-electron chi connectivity index (χ4n) is 1.04. The van der Waals surface area contributed by atoms with Crippen molar-refractivity contribution in [3.05, 3.63) is 30.6 Å². The summed E-state index contributed by atoms with van der Waals surface area (Å²) in [4.78, 5) is 0.893. The van der Waals surface area contributed by atoms with Gasteiger partial charge < -0.3 is 0 Å². The third-order valence-electron chi connectivity index (χ3n) is 1.67. The molecular formula is C8H7FN4S. The summed E-state index contributed by atoms with van der Waals surface area (Å²) in [7, 11) is 0. The van der Waals surface area contributed by atoms with Gasteiger partial charge in [0.15, 0.2) is 0 Å². The van der Waals surface area contributed by atoms with Gasteiger partial charge >= 0.3 is 0 Å². The summed E-state index contributed by atoms with van der Waals surface area (Å²) in [6.45, 7) is 0. The van der Waals surface area contributed by atoms with Crippen LogP contribution in [-0.4, -0.2) is 26.2 Å². The molecule has 1 aromatic heterocycles. The van der Waals surface area contributed by atoms with Crippen LogP contribution in [0.4, 0.5) is 4.39 Å². The van der Waals surface area contributed by atoms with Gasteiger partial charge in [-0.1, -0.05) is 11.8 Å². The molecule has 0 atom stereocenters. The quantitative estimate of drug-likeness (QED) is 0.723. The van der Waals surface area contributed by atoms with Crippen molar-refractivity contribution in [1.82, 2.24) is 20.2 Å². The molecule has 0 fully saturated rings. The Labute approximate surface area is 84.1 Å². The van der Waals surface area contributed by atoms with E-state index in [1.165, 1.54) is 6.33 Å². The third kappa shape index (κ3) is 1.90. The first-order chi connectivity index (χ1) is 6.90. The fraction of sp³-hybridized carbons (Fsp3) is 0.125. The average molecular weight is 210 g/mol. The summed E-state index contributed by atoms with van der Waals surface area (Å²) in [5, 5.41) is 10.8. The topological polar surface area (TPSA) is 43.6 Å². The molecule has 1 heterocycles. The van der Waals surface area contributed by atoms with Crippen LogP contribution < -0.4 is 0 Å². The lowest BCUT2D eigenvalue weighted by atomic mass is 10.3. The molecule has 14 heavy (non-hydrogen) atoms. The number of alkyl halides is 1. The number of rotatable bonds is 3. The van der Waals surface area contributed by atoms with Crippen molar-refractivity contribution in [1.29, 1.82) is 0 Å². The molecule has 0 spiro atoms. The van der Waals surface area contributed by atoms with Gasteiger partial charge in [-0.25, -0.2) is 9.07 Å². The van der Waals surface area contributed by atoms with E-state index in [1.807, 2.05) is 24.3 Å². The van der Waals surface area contributed by atoms with Gasteiger partial charge in [-0.15, -0.1) is 5.10 Å². The monoisotopic (exact) mass is 210 g/mol. The van der Waals surface area contributed by atoms with Crippen molar-refractivity contribution < 1.29 is 4.39 Å². The molecule has 0 aliphatic heterocycles. The Balaban J connectivity index is 2.22. The van der Waals surface area contributed by atoms with Crippen molar-refractivity contribution in [3.63, 3.8) is 0 Å². The Kier molecular flexibility index (Phi) is 2.73. The van der Waals surface area contributed by atoms with E-state index in [0.717, 1.165) is 22.3 Å². The minimum absolute atomic E-state index is 0.412.